The zero-order chi connectivity index (χ0) is 70.3. The Kier molecular flexibility index (Phi) is 24.9. The maximum atomic E-state index is 13.9. The average molecular weight is 1430 g/mol. The number of benzene rings is 5. The van der Waals surface area contributed by atoms with Gasteiger partial charge in [-0.2, -0.15) is 0 Å². The van der Waals surface area contributed by atoms with Crippen molar-refractivity contribution < 1.29 is 27.7 Å². The minimum absolute atomic E-state index is 0.190. The number of hydrogen-bond acceptors (Lipinski definition) is 9. The standard InChI is InChI=1S/C26H40N2O2.C26H33NO.C21H30ClNO.C18H23F2N/c1-29-26-8-6-22(18-27-11-2-14-30-19-27)17-25(26)23-9-12-28(13-10-23)24-7-5-20-3-4-21(15-20)16-24;1-18-4-3-5-21(14-18)22-8-9-26(28-2)24(17-22)20-10-12-27(13-11-20)25-16-19-6-7-23(25)15-19;1-24-21-7-6-19(22)13-20(21)17-8-10-23(11-9-17)14-18-12-15-2-4-16(18)5-3-15;19-16-3-1-2-15(18(16)20)13-6-8-21(9-7-13)17-11-12-4-5-14(17)10-12/h6,8,17,20-21,23-24H,2-5,7,9-16,18-19H2,1H3;3-5,8-9,14,17,19-20,23,25H,6-7,10-13,15-16H2,1-2H3;6-7,13,15-18H,2-5,8-12,14H2,1H3;1-3,12-14,17H,4-11H2/t20-,21+,24?;19-,23-,25-;;12-,14-,17-/m10.0/s1. The van der Waals surface area contributed by atoms with Gasteiger partial charge in [0.15, 0.2) is 11.6 Å². The van der Waals surface area contributed by atoms with Crippen LogP contribution in [0.2, 0.25) is 5.02 Å². The van der Waals surface area contributed by atoms with Gasteiger partial charge < -0.3 is 38.5 Å². The molecule has 0 amide bonds. The Balaban J connectivity index is 0.000000112. The molecule has 0 aromatic heterocycles. The lowest BCUT2D eigenvalue weighted by Crippen LogP contribution is -2.43. The van der Waals surface area contributed by atoms with Crippen molar-refractivity contribution in [1.29, 1.82) is 0 Å². The van der Waals surface area contributed by atoms with Crippen LogP contribution in [0.1, 0.15) is 237 Å². The molecule has 5 aromatic carbocycles. The molecule has 10 atom stereocenters. The van der Waals surface area contributed by atoms with Crippen molar-refractivity contribution in [1.82, 2.24) is 24.5 Å². The van der Waals surface area contributed by atoms with E-state index in [0.29, 0.717) is 23.3 Å². The number of nitrogens with zero attached hydrogens (tertiary/aromatic N) is 5. The zero-order valence-electron chi connectivity index (χ0n) is 63.5. The second-order valence-electron chi connectivity index (χ2n) is 35.2. The molecule has 12 heteroatoms. The van der Waals surface area contributed by atoms with E-state index >= 15 is 0 Å². The number of hydrogen-bond donors (Lipinski definition) is 0. The highest BCUT2D eigenvalue weighted by Gasteiger charge is 2.45. The topological polar surface area (TPSA) is 53.1 Å². The van der Waals surface area contributed by atoms with Crippen LogP contribution in [0.25, 0.3) is 11.1 Å². The number of methoxy groups -OCH3 is 3. The van der Waals surface area contributed by atoms with E-state index < -0.39 is 11.6 Å². The number of aryl methyl sites for hydroxylation is 1. The van der Waals surface area contributed by atoms with Crippen molar-refractivity contribution in [2.75, 3.05) is 100 Å². The van der Waals surface area contributed by atoms with Crippen LogP contribution in [0.4, 0.5) is 8.78 Å². The molecule has 5 aliphatic heterocycles. The molecule has 5 aromatic rings. The zero-order valence-corrected chi connectivity index (χ0v) is 64.2. The van der Waals surface area contributed by atoms with E-state index in [0.717, 1.165) is 152 Å². The second kappa shape index (κ2) is 34.8. The molecule has 2 unspecified atom stereocenters. The van der Waals surface area contributed by atoms with Crippen molar-refractivity contribution in [2.24, 2.45) is 53.3 Å². The molecular weight excluding hydrogens is 1300 g/mol. The molecule has 9 saturated carbocycles. The summed E-state index contributed by atoms with van der Waals surface area (Å²) in [5, 5.41) is 0.825. The molecule has 0 spiro atoms. The summed E-state index contributed by atoms with van der Waals surface area (Å²) in [7, 11) is 5.40. The largest absolute Gasteiger partial charge is 0.496 e. The van der Waals surface area contributed by atoms with Crippen LogP contribution in [0.3, 0.4) is 0 Å². The Labute approximate surface area is 624 Å². The van der Waals surface area contributed by atoms with Crippen LogP contribution in [-0.4, -0.2) is 143 Å². The van der Waals surface area contributed by atoms with Gasteiger partial charge in [-0.3, -0.25) is 4.90 Å². The van der Waals surface area contributed by atoms with Gasteiger partial charge in [-0.15, -0.1) is 0 Å². The van der Waals surface area contributed by atoms with E-state index in [-0.39, 0.29) is 5.92 Å². The van der Waals surface area contributed by atoms with E-state index in [2.05, 4.69) is 98.2 Å². The smallest absolute Gasteiger partial charge is 0.162 e. The van der Waals surface area contributed by atoms with Crippen LogP contribution in [-0.2, 0) is 11.3 Å². The van der Waals surface area contributed by atoms with Gasteiger partial charge >= 0.3 is 0 Å². The van der Waals surface area contributed by atoms with Gasteiger partial charge in [0.1, 0.15) is 17.2 Å². The predicted octanol–water partition coefficient (Wildman–Crippen LogP) is 20.7. The normalized spacial score (nSPS) is 31.0. The van der Waals surface area contributed by atoms with Gasteiger partial charge in [-0.1, -0.05) is 110 Å². The summed E-state index contributed by atoms with van der Waals surface area (Å²) in [6, 6.07) is 35.7. The van der Waals surface area contributed by atoms with Crippen LogP contribution >= 0.6 is 11.6 Å². The first kappa shape index (κ1) is 73.9. The first-order chi connectivity index (χ1) is 50.4. The molecule has 9 aliphatic carbocycles. The lowest BCUT2D eigenvalue weighted by molar-refractivity contribution is -0.0177. The van der Waals surface area contributed by atoms with Gasteiger partial charge in [0.25, 0.3) is 0 Å². The molecule has 14 fully saturated rings. The molecule has 8 bridgehead atoms. The van der Waals surface area contributed by atoms with Gasteiger partial charge in [-0.05, 0) is 359 Å². The van der Waals surface area contributed by atoms with Crippen LogP contribution in [0, 0.1) is 71.8 Å². The summed E-state index contributed by atoms with van der Waals surface area (Å²) >= 11 is 6.22. The van der Waals surface area contributed by atoms with Crippen LogP contribution in [0.15, 0.2) is 97.1 Å². The molecule has 5 saturated heterocycles. The molecule has 0 radical (unpaired) electrons. The Morgan fingerprint density at radius 2 is 0.942 bits per heavy atom. The highest BCUT2D eigenvalue weighted by molar-refractivity contribution is 6.30. The molecule has 5 heterocycles. The summed E-state index contributed by atoms with van der Waals surface area (Å²) in [6.07, 6.45) is 38.7. The van der Waals surface area contributed by atoms with Crippen LogP contribution < -0.4 is 14.2 Å². The van der Waals surface area contributed by atoms with Crippen molar-refractivity contribution >= 4 is 11.6 Å². The van der Waals surface area contributed by atoms with Gasteiger partial charge in [0.2, 0.25) is 0 Å². The van der Waals surface area contributed by atoms with Crippen molar-refractivity contribution in [3.8, 4) is 28.4 Å². The van der Waals surface area contributed by atoms with Crippen molar-refractivity contribution in [3.63, 3.8) is 0 Å². The molecular formula is C91H126ClF2N5O4. The molecule has 560 valence electrons. The van der Waals surface area contributed by atoms with E-state index in [4.69, 9.17) is 30.5 Å². The van der Waals surface area contributed by atoms with Crippen LogP contribution in [0.5, 0.6) is 17.2 Å². The predicted molar refractivity (Wildman–Crippen MR) is 416 cm³/mol. The highest BCUT2D eigenvalue weighted by atomic mass is 35.5. The summed E-state index contributed by atoms with van der Waals surface area (Å²) in [5.74, 6) is 12.9. The quantitative estimate of drug-likeness (QED) is 0.102. The van der Waals surface area contributed by atoms with Gasteiger partial charge in [0, 0.05) is 49.4 Å². The molecule has 0 N–H and O–H groups in total. The fourth-order valence-electron chi connectivity index (χ4n) is 23.5. The Morgan fingerprint density at radius 1 is 0.427 bits per heavy atom. The third-order valence-corrected chi connectivity index (χ3v) is 29.4. The molecule has 103 heavy (non-hydrogen) atoms. The summed E-state index contributed by atoms with van der Waals surface area (Å²) in [4.78, 5) is 13.5. The highest BCUT2D eigenvalue weighted by Crippen LogP contribution is 2.51. The van der Waals surface area contributed by atoms with E-state index in [1.807, 2.05) is 26.4 Å². The fourth-order valence-corrected chi connectivity index (χ4v) is 23.7. The Morgan fingerprint density at radius 3 is 1.52 bits per heavy atom. The Hall–Kier alpha value is -4.59. The number of halogens is 3. The third kappa shape index (κ3) is 17.9. The lowest BCUT2D eigenvalue weighted by atomic mass is 9.64. The monoisotopic (exact) mass is 1430 g/mol. The van der Waals surface area contributed by atoms with Crippen molar-refractivity contribution in [2.45, 2.75) is 235 Å². The number of rotatable bonds is 15. The Bertz CT molecular complexity index is 3530. The summed E-state index contributed by atoms with van der Waals surface area (Å²) in [6.45, 7) is 16.9. The lowest BCUT2D eigenvalue weighted by Gasteiger charge is -2.45. The first-order valence-corrected chi connectivity index (χ1v) is 42.3. The van der Waals surface area contributed by atoms with E-state index in [9.17, 15) is 8.78 Å². The number of ether oxygens (including phenoxy) is 4. The van der Waals surface area contributed by atoms with E-state index in [1.165, 1.54) is 251 Å². The average Bonchev–Trinajstić information content (AvgIpc) is 1.72. The molecule has 9 nitrogen and oxygen atoms in total. The maximum Gasteiger partial charge on any atom is 0.162 e. The first-order valence-electron chi connectivity index (χ1n) is 41.9. The van der Waals surface area contributed by atoms with Gasteiger partial charge in [0.05, 0.1) is 28.1 Å². The molecule has 14 aliphatic rings. The maximum absolute atomic E-state index is 13.9. The second-order valence-corrected chi connectivity index (χ2v) is 35.6. The van der Waals surface area contributed by atoms with Gasteiger partial charge in [-0.25, -0.2) is 8.78 Å². The summed E-state index contributed by atoms with van der Waals surface area (Å²) < 4.78 is 50.0. The number of likely N-dealkylation sites (tertiary alicyclic amines) is 4. The van der Waals surface area contributed by atoms with Crippen molar-refractivity contribution in [3.05, 3.63) is 147 Å². The number of piperidine rings is 4. The molecule has 19 rings (SSSR count). The fraction of sp³-hybridized carbons (Fsp3) is 0.670. The minimum Gasteiger partial charge on any atom is -0.496 e. The number of fused-ring (bicyclic) bond motifs is 9. The summed E-state index contributed by atoms with van der Waals surface area (Å²) in [5.41, 5.74) is 10.1. The third-order valence-electron chi connectivity index (χ3n) is 29.1. The SMILES string of the molecule is COc1ccc(-c2cccc(C)c2)cc1C1CCN([C@H]2C[C@H]3CC[C@H]2C3)CC1.COc1ccc(CN2CCCOC2)cc1C1CCN(C2CC[C@H]3CC[C@H](C2)C3)CC1.COc1ccc(Cl)cc1C1CCN(CC2CC3CCC2CC3)CC1.Fc1cccc(C2CCN([C@H]3C[C@H]4CC[C@H]3C4)CC2)c1F. The minimum atomic E-state index is -0.706. The van der Waals surface area contributed by atoms with E-state index in [1.54, 1.807) is 19.2 Å².